The van der Waals surface area contributed by atoms with E-state index in [4.69, 9.17) is 29.2 Å². The van der Waals surface area contributed by atoms with Crippen molar-refractivity contribution in [2.45, 2.75) is 58.3 Å². The topological polar surface area (TPSA) is 103 Å². The van der Waals surface area contributed by atoms with E-state index in [1.807, 2.05) is 78.3 Å². The molecule has 0 atom stereocenters. The van der Waals surface area contributed by atoms with E-state index in [1.165, 1.54) is 0 Å². The van der Waals surface area contributed by atoms with Gasteiger partial charge < -0.3 is 14.2 Å². The highest BCUT2D eigenvalue weighted by atomic mass is 16.5. The van der Waals surface area contributed by atoms with Crippen molar-refractivity contribution in [3.63, 3.8) is 0 Å². The first kappa shape index (κ1) is 28.8. The molecule has 45 heavy (non-hydrogen) atoms. The first-order chi connectivity index (χ1) is 21.4. The second-order valence-electron chi connectivity index (χ2n) is 13.5. The normalized spacial score (nSPS) is 19.2. The second kappa shape index (κ2) is 10.6. The Balaban J connectivity index is 1.23. The lowest BCUT2D eigenvalue weighted by Gasteiger charge is -2.17. The molecule has 6 heterocycles. The Bertz CT molecular complexity index is 1620. The van der Waals surface area contributed by atoms with E-state index in [1.54, 1.807) is 0 Å². The fourth-order valence-electron chi connectivity index (χ4n) is 5.37. The van der Waals surface area contributed by atoms with Gasteiger partial charge in [-0.25, -0.2) is 15.0 Å². The average molecular weight is 601 g/mol. The van der Waals surface area contributed by atoms with Crippen LogP contribution >= 0.6 is 0 Å². The van der Waals surface area contributed by atoms with Crippen LogP contribution in [-0.4, -0.2) is 69.1 Å². The van der Waals surface area contributed by atoms with Gasteiger partial charge in [0.2, 0.25) is 17.7 Å². The number of hydrogen-bond acceptors (Lipinski definition) is 9. The van der Waals surface area contributed by atoms with E-state index in [0.717, 1.165) is 50.5 Å². The van der Waals surface area contributed by atoms with E-state index < -0.39 is 0 Å². The molecule has 0 amide bonds. The number of ether oxygens (including phenoxy) is 3. The Morgan fingerprint density at radius 3 is 0.911 bits per heavy atom. The molecule has 9 heteroatoms. The number of nitrogens with zero attached hydrogens (tertiary/aromatic N) is 6. The molecule has 0 spiro atoms. The molecule has 3 aromatic heterocycles. The molecular formula is C36H36N6O3. The summed E-state index contributed by atoms with van der Waals surface area (Å²) in [5.41, 5.74) is 7.19. The molecule has 0 unspecified atom stereocenters. The number of aromatic nitrogens is 3. The summed E-state index contributed by atoms with van der Waals surface area (Å²) in [6.07, 6.45) is 5.60. The SMILES string of the molecule is CC1(C)CN=C(c2ccc(-c3cc(-c4ccc(C5=NCC(C)(C)O5)nc4)cc(-c4ccc(C5=NCC(C)(C)O5)nc4)c3)cn2)O1. The van der Waals surface area contributed by atoms with E-state index in [9.17, 15) is 0 Å². The van der Waals surface area contributed by atoms with Crippen molar-refractivity contribution in [1.29, 1.82) is 0 Å². The van der Waals surface area contributed by atoms with Crippen molar-refractivity contribution >= 4 is 17.7 Å². The van der Waals surface area contributed by atoms with E-state index in [2.05, 4.69) is 51.4 Å². The standard InChI is InChI=1S/C36H36N6O3/c1-34(2)19-40-31(43-34)28-10-7-22(16-37-28)25-13-26(23-8-11-29(38-17-23)32-41-20-35(3,4)44-32)15-27(14-25)24-9-12-30(39-18-24)33-42-21-36(5,6)45-33/h7-18H,19-21H2,1-6H3. The first-order valence-corrected chi connectivity index (χ1v) is 15.2. The highest BCUT2D eigenvalue weighted by Crippen LogP contribution is 2.33. The van der Waals surface area contributed by atoms with Crippen molar-refractivity contribution in [1.82, 2.24) is 15.0 Å². The van der Waals surface area contributed by atoms with Crippen LogP contribution in [0.5, 0.6) is 0 Å². The zero-order valence-electron chi connectivity index (χ0n) is 26.5. The lowest BCUT2D eigenvalue weighted by Crippen LogP contribution is -2.24. The van der Waals surface area contributed by atoms with Gasteiger partial charge in [-0.05, 0) is 94.6 Å². The van der Waals surface area contributed by atoms with Crippen molar-refractivity contribution < 1.29 is 14.2 Å². The average Bonchev–Trinajstić information content (AvgIpc) is 3.71. The van der Waals surface area contributed by atoms with E-state index >= 15 is 0 Å². The molecule has 0 fully saturated rings. The molecule has 228 valence electrons. The van der Waals surface area contributed by atoms with Crippen molar-refractivity contribution in [2.24, 2.45) is 15.0 Å². The zero-order chi connectivity index (χ0) is 31.4. The molecule has 7 rings (SSSR count). The predicted molar refractivity (Wildman–Crippen MR) is 176 cm³/mol. The molecule has 0 N–H and O–H groups in total. The van der Waals surface area contributed by atoms with Gasteiger partial charge >= 0.3 is 0 Å². The Morgan fingerprint density at radius 2 is 0.711 bits per heavy atom. The maximum atomic E-state index is 5.99. The number of rotatable bonds is 6. The van der Waals surface area contributed by atoms with Crippen LogP contribution < -0.4 is 0 Å². The van der Waals surface area contributed by atoms with Gasteiger partial charge in [0.25, 0.3) is 0 Å². The molecule has 0 bridgehead atoms. The largest absolute Gasteiger partial charge is 0.468 e. The third-order valence-electron chi connectivity index (χ3n) is 7.81. The minimum atomic E-state index is -0.314. The van der Waals surface area contributed by atoms with Crippen LogP contribution in [0.2, 0.25) is 0 Å². The van der Waals surface area contributed by atoms with Gasteiger partial charge in [0.15, 0.2) is 0 Å². The van der Waals surface area contributed by atoms with Crippen LogP contribution in [0.25, 0.3) is 33.4 Å². The minimum Gasteiger partial charge on any atom is -0.468 e. The molecule has 0 radical (unpaired) electrons. The van der Waals surface area contributed by atoms with Crippen molar-refractivity contribution in [3.05, 3.63) is 90.3 Å². The van der Waals surface area contributed by atoms with Gasteiger partial charge in [0.05, 0.1) is 19.6 Å². The number of aliphatic imine (C=N–C) groups is 3. The summed E-state index contributed by atoms with van der Waals surface area (Å²) in [4.78, 5) is 27.7. The third kappa shape index (κ3) is 6.07. The summed E-state index contributed by atoms with van der Waals surface area (Å²) in [6, 6.07) is 18.5. The van der Waals surface area contributed by atoms with Crippen LogP contribution in [0.1, 0.15) is 58.6 Å². The number of hydrogen-bond donors (Lipinski definition) is 0. The smallest absolute Gasteiger partial charge is 0.236 e. The minimum absolute atomic E-state index is 0.314. The van der Waals surface area contributed by atoms with Crippen LogP contribution in [0.3, 0.4) is 0 Å². The van der Waals surface area contributed by atoms with Gasteiger partial charge in [0.1, 0.15) is 33.9 Å². The predicted octanol–water partition coefficient (Wildman–Crippen LogP) is 6.54. The van der Waals surface area contributed by atoms with Gasteiger partial charge in [0, 0.05) is 35.3 Å². The second-order valence-corrected chi connectivity index (χ2v) is 13.5. The summed E-state index contributed by atoms with van der Waals surface area (Å²) in [6.45, 7) is 14.0. The lowest BCUT2D eigenvalue weighted by atomic mass is 9.94. The molecule has 3 aliphatic heterocycles. The van der Waals surface area contributed by atoms with Crippen LogP contribution in [-0.2, 0) is 14.2 Å². The number of pyridine rings is 3. The molecule has 0 aliphatic carbocycles. The van der Waals surface area contributed by atoms with Gasteiger partial charge in [-0.3, -0.25) is 15.0 Å². The molecule has 0 saturated carbocycles. The Labute approximate surface area is 263 Å². The van der Waals surface area contributed by atoms with E-state index in [0.29, 0.717) is 37.3 Å². The number of benzene rings is 1. The summed E-state index contributed by atoms with van der Waals surface area (Å²) in [5.74, 6) is 1.74. The monoisotopic (exact) mass is 600 g/mol. The third-order valence-corrected chi connectivity index (χ3v) is 7.81. The molecule has 9 nitrogen and oxygen atoms in total. The van der Waals surface area contributed by atoms with Crippen LogP contribution in [0.15, 0.2) is 88.2 Å². The summed E-state index contributed by atoms with van der Waals surface area (Å²) < 4.78 is 18.0. The van der Waals surface area contributed by atoms with Crippen molar-refractivity contribution in [2.75, 3.05) is 19.6 Å². The molecule has 1 aromatic carbocycles. The van der Waals surface area contributed by atoms with E-state index in [-0.39, 0.29) is 16.8 Å². The first-order valence-electron chi connectivity index (χ1n) is 15.2. The fraction of sp³-hybridized carbons (Fsp3) is 0.333. The Morgan fingerprint density at radius 1 is 0.422 bits per heavy atom. The van der Waals surface area contributed by atoms with Crippen molar-refractivity contribution in [3.8, 4) is 33.4 Å². The Hall–Kier alpha value is -4.92. The van der Waals surface area contributed by atoms with Crippen LogP contribution in [0, 0.1) is 0 Å². The van der Waals surface area contributed by atoms with Gasteiger partial charge in [-0.2, -0.15) is 0 Å². The molecule has 4 aromatic rings. The van der Waals surface area contributed by atoms with Gasteiger partial charge in [-0.1, -0.05) is 18.2 Å². The zero-order valence-corrected chi connectivity index (χ0v) is 26.5. The maximum absolute atomic E-state index is 5.99. The Kier molecular flexibility index (Phi) is 6.80. The molecule has 3 aliphatic rings. The lowest BCUT2D eigenvalue weighted by molar-refractivity contribution is 0.130. The van der Waals surface area contributed by atoms with Gasteiger partial charge in [-0.15, -0.1) is 0 Å². The van der Waals surface area contributed by atoms with Crippen LogP contribution in [0.4, 0.5) is 0 Å². The molecule has 0 saturated heterocycles. The highest BCUT2D eigenvalue weighted by molar-refractivity contribution is 5.95. The highest BCUT2D eigenvalue weighted by Gasteiger charge is 2.31. The summed E-state index contributed by atoms with van der Waals surface area (Å²) in [5, 5.41) is 0. The molecular weight excluding hydrogens is 564 g/mol. The quantitative estimate of drug-likeness (QED) is 0.249. The summed E-state index contributed by atoms with van der Waals surface area (Å²) >= 11 is 0. The summed E-state index contributed by atoms with van der Waals surface area (Å²) in [7, 11) is 0. The fourth-order valence-corrected chi connectivity index (χ4v) is 5.37. The maximum Gasteiger partial charge on any atom is 0.236 e.